The summed E-state index contributed by atoms with van der Waals surface area (Å²) in [5, 5.41) is 3.03. The Morgan fingerprint density at radius 3 is 2.46 bits per heavy atom. The summed E-state index contributed by atoms with van der Waals surface area (Å²) in [6, 6.07) is 15.0. The number of nitrogens with zero attached hydrogens (tertiary/aromatic N) is 1. The lowest BCUT2D eigenvalue weighted by Gasteiger charge is -2.39. The molecule has 6 heteroatoms. The summed E-state index contributed by atoms with van der Waals surface area (Å²) in [6.45, 7) is 3.50. The fraction of sp³-hybridized carbons (Fsp3) is 0.364. The predicted molar refractivity (Wildman–Crippen MR) is 112 cm³/mol. The Hall–Kier alpha value is -2.34. The van der Waals surface area contributed by atoms with Gasteiger partial charge >= 0.3 is 0 Å². The number of piperidine rings is 1. The van der Waals surface area contributed by atoms with Crippen molar-refractivity contribution in [3.8, 4) is 5.75 Å². The number of carbonyl (C=O) groups excluding carboxylic acids is 2. The molecule has 0 unspecified atom stereocenters. The van der Waals surface area contributed by atoms with E-state index in [0.29, 0.717) is 25.2 Å². The van der Waals surface area contributed by atoms with Crippen molar-refractivity contribution in [3.63, 3.8) is 0 Å². The van der Waals surface area contributed by atoms with Crippen molar-refractivity contribution in [1.82, 2.24) is 10.2 Å². The van der Waals surface area contributed by atoms with Crippen LogP contribution in [0, 0.1) is 5.41 Å². The number of nitrogens with one attached hydrogen (secondary N) is 1. The SMILES string of the molecule is COc1ccc(CNC(=O)[C@@]2(C)CCCN(C(=O)c3ccc(Br)cc3)C2)cc1. The molecule has 0 aliphatic carbocycles. The largest absolute Gasteiger partial charge is 0.497 e. The van der Waals surface area contributed by atoms with E-state index in [1.54, 1.807) is 12.0 Å². The third-order valence-corrected chi connectivity index (χ3v) is 5.76. The molecule has 1 saturated heterocycles. The predicted octanol–water partition coefficient (Wildman–Crippen LogP) is 4.02. The highest BCUT2D eigenvalue weighted by molar-refractivity contribution is 9.10. The van der Waals surface area contributed by atoms with Crippen LogP contribution in [0.5, 0.6) is 5.75 Å². The Kier molecular flexibility index (Phi) is 6.39. The maximum atomic E-state index is 12.9. The van der Waals surface area contributed by atoms with Crippen LogP contribution in [0.3, 0.4) is 0 Å². The summed E-state index contributed by atoms with van der Waals surface area (Å²) < 4.78 is 6.09. The van der Waals surface area contributed by atoms with Gasteiger partial charge in [-0.05, 0) is 61.7 Å². The normalized spacial score (nSPS) is 19.2. The van der Waals surface area contributed by atoms with E-state index < -0.39 is 5.41 Å². The van der Waals surface area contributed by atoms with Crippen molar-refractivity contribution >= 4 is 27.7 Å². The number of hydrogen-bond donors (Lipinski definition) is 1. The maximum absolute atomic E-state index is 12.9. The van der Waals surface area contributed by atoms with Crippen LogP contribution in [-0.4, -0.2) is 36.9 Å². The Balaban J connectivity index is 1.62. The molecule has 1 N–H and O–H groups in total. The molecule has 1 fully saturated rings. The standard InChI is InChI=1S/C22H25BrN2O3/c1-22(21(27)24-14-16-4-10-19(28-2)11-5-16)12-3-13-25(15-22)20(26)17-6-8-18(23)9-7-17/h4-11H,3,12-15H2,1-2H3,(H,24,27)/t22-/m0/s1. The number of halogens is 1. The number of amides is 2. The zero-order valence-electron chi connectivity index (χ0n) is 16.2. The van der Waals surface area contributed by atoms with E-state index >= 15 is 0 Å². The second-order valence-corrected chi connectivity index (χ2v) is 8.34. The van der Waals surface area contributed by atoms with Crippen LogP contribution in [0.25, 0.3) is 0 Å². The first-order valence-electron chi connectivity index (χ1n) is 9.37. The molecule has 0 aromatic heterocycles. The zero-order valence-corrected chi connectivity index (χ0v) is 17.8. The first-order chi connectivity index (χ1) is 13.4. The van der Waals surface area contributed by atoms with Gasteiger partial charge in [0.1, 0.15) is 5.75 Å². The Labute approximate surface area is 174 Å². The first-order valence-corrected chi connectivity index (χ1v) is 10.2. The average Bonchev–Trinajstić information content (AvgIpc) is 2.72. The zero-order chi connectivity index (χ0) is 20.1. The van der Waals surface area contributed by atoms with Crippen LogP contribution in [-0.2, 0) is 11.3 Å². The van der Waals surface area contributed by atoms with Gasteiger partial charge in [-0.3, -0.25) is 9.59 Å². The van der Waals surface area contributed by atoms with Gasteiger partial charge in [-0.1, -0.05) is 28.1 Å². The van der Waals surface area contributed by atoms with E-state index in [1.807, 2.05) is 55.5 Å². The maximum Gasteiger partial charge on any atom is 0.253 e. The minimum atomic E-state index is -0.588. The van der Waals surface area contributed by atoms with E-state index in [2.05, 4.69) is 21.2 Å². The van der Waals surface area contributed by atoms with Gasteiger partial charge in [0.15, 0.2) is 0 Å². The van der Waals surface area contributed by atoms with Crippen molar-refractivity contribution in [2.75, 3.05) is 20.2 Å². The highest BCUT2D eigenvalue weighted by Gasteiger charge is 2.39. The lowest BCUT2D eigenvalue weighted by atomic mass is 9.80. The molecule has 1 aliphatic heterocycles. The minimum Gasteiger partial charge on any atom is -0.497 e. The average molecular weight is 445 g/mol. The second kappa shape index (κ2) is 8.78. The van der Waals surface area contributed by atoms with E-state index in [4.69, 9.17) is 4.74 Å². The van der Waals surface area contributed by atoms with Gasteiger partial charge in [0.05, 0.1) is 12.5 Å². The summed E-state index contributed by atoms with van der Waals surface area (Å²) >= 11 is 3.39. The van der Waals surface area contributed by atoms with Crippen LogP contribution in [0.4, 0.5) is 0 Å². The number of rotatable bonds is 5. The molecule has 5 nitrogen and oxygen atoms in total. The van der Waals surface area contributed by atoms with E-state index in [0.717, 1.165) is 28.6 Å². The molecular formula is C22H25BrN2O3. The molecule has 28 heavy (non-hydrogen) atoms. The monoisotopic (exact) mass is 444 g/mol. The van der Waals surface area contributed by atoms with Crippen LogP contribution in [0.2, 0.25) is 0 Å². The smallest absolute Gasteiger partial charge is 0.253 e. The van der Waals surface area contributed by atoms with E-state index in [9.17, 15) is 9.59 Å². The van der Waals surface area contributed by atoms with Gasteiger partial charge in [0.25, 0.3) is 5.91 Å². The Morgan fingerprint density at radius 2 is 1.82 bits per heavy atom. The van der Waals surface area contributed by atoms with Gasteiger partial charge < -0.3 is 15.0 Å². The van der Waals surface area contributed by atoms with Gasteiger partial charge in [-0.2, -0.15) is 0 Å². The third-order valence-electron chi connectivity index (χ3n) is 5.24. The van der Waals surface area contributed by atoms with Crippen molar-refractivity contribution in [3.05, 3.63) is 64.1 Å². The van der Waals surface area contributed by atoms with Crippen molar-refractivity contribution in [2.45, 2.75) is 26.3 Å². The number of carbonyl (C=O) groups is 2. The van der Waals surface area contributed by atoms with Crippen LogP contribution < -0.4 is 10.1 Å². The molecule has 2 aromatic carbocycles. The third kappa shape index (κ3) is 4.73. The summed E-state index contributed by atoms with van der Waals surface area (Å²) in [7, 11) is 1.63. The quantitative estimate of drug-likeness (QED) is 0.757. The number of hydrogen-bond acceptors (Lipinski definition) is 3. The lowest BCUT2D eigenvalue weighted by Crippen LogP contribution is -2.51. The fourth-order valence-corrected chi connectivity index (χ4v) is 3.78. The van der Waals surface area contributed by atoms with Gasteiger partial charge in [0.2, 0.25) is 5.91 Å². The Bertz CT molecular complexity index is 836. The second-order valence-electron chi connectivity index (χ2n) is 7.43. The first kappa shape index (κ1) is 20.4. The van der Waals surface area contributed by atoms with Crippen LogP contribution in [0.1, 0.15) is 35.7 Å². The molecule has 3 rings (SSSR count). The summed E-state index contributed by atoms with van der Waals surface area (Å²) in [4.78, 5) is 27.5. The highest BCUT2D eigenvalue weighted by Crippen LogP contribution is 2.31. The van der Waals surface area contributed by atoms with Crippen molar-refractivity contribution in [2.24, 2.45) is 5.41 Å². The molecule has 148 valence electrons. The molecule has 2 amide bonds. The molecule has 1 heterocycles. The topological polar surface area (TPSA) is 58.6 Å². The highest BCUT2D eigenvalue weighted by atomic mass is 79.9. The molecule has 1 atom stereocenters. The number of benzene rings is 2. The van der Waals surface area contributed by atoms with Gasteiger partial charge in [-0.15, -0.1) is 0 Å². The van der Waals surface area contributed by atoms with E-state index in [1.165, 1.54) is 0 Å². The number of likely N-dealkylation sites (tertiary alicyclic amines) is 1. The molecule has 0 saturated carbocycles. The molecular weight excluding hydrogens is 420 g/mol. The molecule has 2 aromatic rings. The summed E-state index contributed by atoms with van der Waals surface area (Å²) in [5.41, 5.74) is 1.07. The molecule has 0 bridgehead atoms. The molecule has 0 spiro atoms. The summed E-state index contributed by atoms with van der Waals surface area (Å²) in [6.07, 6.45) is 1.58. The minimum absolute atomic E-state index is 0.0170. The van der Waals surface area contributed by atoms with Crippen molar-refractivity contribution < 1.29 is 14.3 Å². The van der Waals surface area contributed by atoms with Crippen LogP contribution >= 0.6 is 15.9 Å². The number of ether oxygens (including phenoxy) is 1. The van der Waals surface area contributed by atoms with Crippen LogP contribution in [0.15, 0.2) is 53.0 Å². The van der Waals surface area contributed by atoms with Gasteiger partial charge in [-0.25, -0.2) is 0 Å². The number of methoxy groups -OCH3 is 1. The van der Waals surface area contributed by atoms with Gasteiger partial charge in [0, 0.05) is 29.7 Å². The molecule has 0 radical (unpaired) electrons. The molecule has 1 aliphatic rings. The fourth-order valence-electron chi connectivity index (χ4n) is 3.51. The summed E-state index contributed by atoms with van der Waals surface area (Å²) in [5.74, 6) is 0.745. The Morgan fingerprint density at radius 1 is 1.14 bits per heavy atom. The van der Waals surface area contributed by atoms with E-state index in [-0.39, 0.29) is 11.8 Å². The lowest BCUT2D eigenvalue weighted by molar-refractivity contribution is -0.132. The van der Waals surface area contributed by atoms with Crippen molar-refractivity contribution in [1.29, 1.82) is 0 Å².